The highest BCUT2D eigenvalue weighted by molar-refractivity contribution is 5.89. The van der Waals surface area contributed by atoms with Crippen molar-refractivity contribution in [1.82, 2.24) is 4.90 Å². The second-order valence-corrected chi connectivity index (χ2v) is 6.75. The maximum atomic E-state index is 13.0. The van der Waals surface area contributed by atoms with Crippen LogP contribution in [0.1, 0.15) is 37.1 Å². The molecule has 0 spiro atoms. The number of methoxy groups -OCH3 is 1. The molecule has 0 saturated carbocycles. The van der Waals surface area contributed by atoms with Crippen LogP contribution in [0.4, 0.5) is 0 Å². The van der Waals surface area contributed by atoms with Crippen LogP contribution in [0.5, 0.6) is 0 Å². The Balaban J connectivity index is 2.00. The summed E-state index contributed by atoms with van der Waals surface area (Å²) < 4.78 is 5.45. The van der Waals surface area contributed by atoms with Crippen molar-refractivity contribution in [2.75, 3.05) is 13.7 Å². The van der Waals surface area contributed by atoms with Gasteiger partial charge in [-0.2, -0.15) is 0 Å². The minimum atomic E-state index is -0.101. The van der Waals surface area contributed by atoms with Gasteiger partial charge in [-0.25, -0.2) is 0 Å². The van der Waals surface area contributed by atoms with Crippen molar-refractivity contribution < 1.29 is 9.53 Å². The fourth-order valence-electron chi connectivity index (χ4n) is 3.59. The van der Waals surface area contributed by atoms with E-state index in [-0.39, 0.29) is 23.9 Å². The van der Waals surface area contributed by atoms with Crippen LogP contribution in [0.25, 0.3) is 0 Å². The van der Waals surface area contributed by atoms with Gasteiger partial charge >= 0.3 is 0 Å². The predicted octanol–water partition coefficient (Wildman–Crippen LogP) is 4.54. The monoisotopic (exact) mass is 335 g/mol. The number of likely N-dealkylation sites (tertiary alicyclic amines) is 1. The molecule has 1 heterocycles. The number of rotatable bonds is 6. The molecule has 1 saturated heterocycles. The van der Waals surface area contributed by atoms with E-state index in [9.17, 15) is 4.79 Å². The second-order valence-electron chi connectivity index (χ2n) is 6.75. The average molecular weight is 335 g/mol. The van der Waals surface area contributed by atoms with Crippen molar-refractivity contribution in [2.24, 2.45) is 5.92 Å². The molecule has 0 unspecified atom stereocenters. The van der Waals surface area contributed by atoms with Crippen molar-refractivity contribution in [3.63, 3.8) is 0 Å². The van der Waals surface area contributed by atoms with E-state index in [4.69, 9.17) is 4.74 Å². The molecule has 0 radical (unpaired) electrons. The fourth-order valence-corrected chi connectivity index (χ4v) is 3.59. The lowest BCUT2D eigenvalue weighted by molar-refractivity contribution is -0.160. The number of ether oxygens (including phenoxy) is 1. The van der Waals surface area contributed by atoms with Gasteiger partial charge in [-0.15, -0.1) is 0 Å². The summed E-state index contributed by atoms with van der Waals surface area (Å²) in [5.74, 6) is 0.0661. The van der Waals surface area contributed by atoms with Gasteiger partial charge in [0, 0.05) is 7.11 Å². The summed E-state index contributed by atoms with van der Waals surface area (Å²) in [7, 11) is 1.69. The van der Waals surface area contributed by atoms with Gasteiger partial charge in [0.1, 0.15) is 0 Å². The van der Waals surface area contributed by atoms with Gasteiger partial charge in [-0.1, -0.05) is 72.3 Å². The lowest BCUT2D eigenvalue weighted by atomic mass is 9.79. The molecule has 0 aliphatic carbocycles. The van der Waals surface area contributed by atoms with Gasteiger partial charge in [0.2, 0.25) is 5.91 Å². The topological polar surface area (TPSA) is 29.5 Å². The third-order valence-corrected chi connectivity index (χ3v) is 4.68. The number of amides is 1. The Hall–Kier alpha value is -2.39. The highest BCUT2D eigenvalue weighted by Crippen LogP contribution is 2.46. The molecule has 2 aromatic carbocycles. The first-order valence-electron chi connectivity index (χ1n) is 8.69. The Kier molecular flexibility index (Phi) is 5.34. The first-order valence-corrected chi connectivity index (χ1v) is 8.69. The van der Waals surface area contributed by atoms with Crippen LogP contribution >= 0.6 is 0 Å². The minimum absolute atomic E-state index is 0.0453. The number of carbonyl (C=O) groups is 1. The van der Waals surface area contributed by atoms with E-state index >= 15 is 0 Å². The molecular formula is C22H25NO2. The van der Waals surface area contributed by atoms with Crippen molar-refractivity contribution in [1.29, 1.82) is 0 Å². The average Bonchev–Trinajstić information content (AvgIpc) is 2.64. The summed E-state index contributed by atoms with van der Waals surface area (Å²) >= 11 is 0. The second kappa shape index (κ2) is 7.66. The standard InChI is InChI=1S/C22H25NO2/c1-16(2)14-19-21(18-12-8-5-9-13-18)23(22(19)24)20(15-25-3)17-10-6-4-7-11-17/h4-14,19-21H,15H2,1-3H3/t19-,20-,21-/m1/s1. The van der Waals surface area contributed by atoms with Gasteiger partial charge < -0.3 is 9.64 Å². The van der Waals surface area contributed by atoms with E-state index in [1.165, 1.54) is 11.1 Å². The molecule has 130 valence electrons. The van der Waals surface area contributed by atoms with Gasteiger partial charge in [0.15, 0.2) is 0 Å². The van der Waals surface area contributed by atoms with Gasteiger partial charge in [0.25, 0.3) is 0 Å². The Morgan fingerprint density at radius 3 is 2.24 bits per heavy atom. The van der Waals surface area contributed by atoms with Gasteiger partial charge in [0.05, 0.1) is 24.6 Å². The quantitative estimate of drug-likeness (QED) is 0.573. The summed E-state index contributed by atoms with van der Waals surface area (Å²) in [5.41, 5.74) is 3.44. The lowest BCUT2D eigenvalue weighted by Crippen LogP contribution is -2.56. The molecule has 2 aromatic rings. The molecule has 0 aromatic heterocycles. The third-order valence-electron chi connectivity index (χ3n) is 4.68. The highest BCUT2D eigenvalue weighted by Gasteiger charge is 2.49. The number of nitrogens with zero attached hydrogens (tertiary/aromatic N) is 1. The molecule has 1 fully saturated rings. The molecule has 3 atom stereocenters. The van der Waals surface area contributed by atoms with E-state index in [0.717, 1.165) is 5.56 Å². The smallest absolute Gasteiger partial charge is 0.233 e. The van der Waals surface area contributed by atoms with Crippen LogP contribution < -0.4 is 0 Å². The summed E-state index contributed by atoms with van der Waals surface area (Å²) in [6.45, 7) is 4.57. The first kappa shape index (κ1) is 17.4. The van der Waals surface area contributed by atoms with E-state index in [1.807, 2.05) is 55.1 Å². The fraction of sp³-hybridized carbons (Fsp3) is 0.318. The largest absolute Gasteiger partial charge is 0.382 e. The first-order chi connectivity index (χ1) is 12.1. The van der Waals surface area contributed by atoms with Gasteiger partial charge in [-0.3, -0.25) is 4.79 Å². The number of hydrogen-bond acceptors (Lipinski definition) is 2. The van der Waals surface area contributed by atoms with Gasteiger partial charge in [-0.05, 0) is 25.0 Å². The molecule has 1 aliphatic heterocycles. The molecular weight excluding hydrogens is 310 g/mol. The minimum Gasteiger partial charge on any atom is -0.382 e. The number of carbonyl (C=O) groups excluding carboxylic acids is 1. The Labute approximate surface area is 149 Å². The van der Waals surface area contributed by atoms with Crippen LogP contribution in [-0.4, -0.2) is 24.5 Å². The van der Waals surface area contributed by atoms with Crippen LogP contribution in [0.2, 0.25) is 0 Å². The number of allylic oxidation sites excluding steroid dienone is 1. The zero-order chi connectivity index (χ0) is 17.8. The van der Waals surface area contributed by atoms with Crippen LogP contribution in [0.15, 0.2) is 72.3 Å². The van der Waals surface area contributed by atoms with Crippen LogP contribution in [0, 0.1) is 5.92 Å². The molecule has 0 bridgehead atoms. The van der Waals surface area contributed by atoms with Crippen LogP contribution in [-0.2, 0) is 9.53 Å². The summed E-state index contributed by atoms with van der Waals surface area (Å²) in [5, 5.41) is 0. The van der Waals surface area contributed by atoms with E-state index < -0.39 is 0 Å². The van der Waals surface area contributed by atoms with Crippen molar-refractivity contribution in [2.45, 2.75) is 25.9 Å². The van der Waals surface area contributed by atoms with E-state index in [1.54, 1.807) is 7.11 Å². The molecule has 0 N–H and O–H groups in total. The SMILES string of the molecule is COC[C@H](c1ccccc1)N1C(=O)[C@H](C=C(C)C)[C@H]1c1ccccc1. The molecule has 1 amide bonds. The Morgan fingerprint density at radius 2 is 1.68 bits per heavy atom. The molecule has 3 heteroatoms. The zero-order valence-corrected chi connectivity index (χ0v) is 15.1. The number of β-lactam (4-membered cyclic amide) rings is 1. The maximum absolute atomic E-state index is 13.0. The summed E-state index contributed by atoms with van der Waals surface area (Å²) in [6.07, 6.45) is 2.09. The van der Waals surface area contributed by atoms with Crippen LogP contribution in [0.3, 0.4) is 0 Å². The van der Waals surface area contributed by atoms with Crippen molar-refractivity contribution in [3.8, 4) is 0 Å². The van der Waals surface area contributed by atoms with Crippen molar-refractivity contribution in [3.05, 3.63) is 83.4 Å². The number of hydrogen-bond donors (Lipinski definition) is 0. The normalized spacial score (nSPS) is 20.8. The Bertz CT molecular complexity index is 735. The highest BCUT2D eigenvalue weighted by atomic mass is 16.5. The lowest BCUT2D eigenvalue weighted by Gasteiger charge is -2.50. The molecule has 3 nitrogen and oxygen atoms in total. The molecule has 1 aliphatic rings. The van der Waals surface area contributed by atoms with E-state index in [2.05, 4.69) is 30.3 Å². The number of benzene rings is 2. The van der Waals surface area contributed by atoms with Crippen molar-refractivity contribution >= 4 is 5.91 Å². The molecule has 3 rings (SSSR count). The van der Waals surface area contributed by atoms with E-state index in [0.29, 0.717) is 6.61 Å². The maximum Gasteiger partial charge on any atom is 0.233 e. The predicted molar refractivity (Wildman–Crippen MR) is 100 cm³/mol. The Morgan fingerprint density at radius 1 is 1.08 bits per heavy atom. The summed E-state index contributed by atoms with van der Waals surface area (Å²) in [6, 6.07) is 20.4. The molecule has 25 heavy (non-hydrogen) atoms. The third kappa shape index (κ3) is 3.52. The zero-order valence-electron chi connectivity index (χ0n) is 15.1. The summed E-state index contributed by atoms with van der Waals surface area (Å²) in [4.78, 5) is 15.0.